The molecule has 1 aliphatic heterocycles. The van der Waals surface area contributed by atoms with Gasteiger partial charge in [0, 0.05) is 24.5 Å². The van der Waals surface area contributed by atoms with Crippen molar-refractivity contribution in [3.8, 4) is 0 Å². The number of fused-ring (bicyclic) bond motifs is 1. The molecule has 100 valence electrons. The highest BCUT2D eigenvalue weighted by Crippen LogP contribution is 2.23. The van der Waals surface area contributed by atoms with Crippen molar-refractivity contribution < 1.29 is 4.79 Å². The Morgan fingerprint density at radius 1 is 1.56 bits per heavy atom. The number of carbonyl (C=O) groups is 1. The van der Waals surface area contributed by atoms with Gasteiger partial charge in [0.05, 0.1) is 6.54 Å². The first-order chi connectivity index (χ1) is 8.65. The van der Waals surface area contributed by atoms with Crippen LogP contribution in [-0.4, -0.2) is 30.4 Å². The van der Waals surface area contributed by atoms with E-state index in [0.29, 0.717) is 12.5 Å². The van der Waals surface area contributed by atoms with Gasteiger partial charge >= 0.3 is 0 Å². The maximum Gasteiger partial charge on any atom is 0.234 e. The SMILES string of the molecule is CC(C)CCNC(=O)CN1CCc2sccc2C1. The lowest BCUT2D eigenvalue weighted by Crippen LogP contribution is -2.40. The van der Waals surface area contributed by atoms with E-state index in [-0.39, 0.29) is 5.91 Å². The molecule has 1 aliphatic rings. The van der Waals surface area contributed by atoms with Gasteiger partial charge in [-0.3, -0.25) is 9.69 Å². The minimum atomic E-state index is 0.161. The summed E-state index contributed by atoms with van der Waals surface area (Å²) in [4.78, 5) is 15.5. The van der Waals surface area contributed by atoms with Crippen molar-refractivity contribution in [3.05, 3.63) is 21.9 Å². The monoisotopic (exact) mass is 266 g/mol. The van der Waals surface area contributed by atoms with Gasteiger partial charge in [0.2, 0.25) is 5.91 Å². The van der Waals surface area contributed by atoms with Gasteiger partial charge in [-0.15, -0.1) is 11.3 Å². The Kier molecular flexibility index (Phi) is 4.78. The number of nitrogens with one attached hydrogen (secondary N) is 1. The predicted octanol–water partition coefficient (Wildman–Crippen LogP) is 2.27. The van der Waals surface area contributed by atoms with E-state index in [2.05, 4.69) is 35.5 Å². The molecule has 0 fully saturated rings. The number of carbonyl (C=O) groups excluding carboxylic acids is 1. The van der Waals surface area contributed by atoms with E-state index in [9.17, 15) is 4.79 Å². The van der Waals surface area contributed by atoms with Crippen LogP contribution in [0.4, 0.5) is 0 Å². The number of amides is 1. The van der Waals surface area contributed by atoms with Crippen LogP contribution in [0, 0.1) is 5.92 Å². The molecule has 2 rings (SSSR count). The van der Waals surface area contributed by atoms with Crippen molar-refractivity contribution in [1.82, 2.24) is 10.2 Å². The number of rotatable bonds is 5. The van der Waals surface area contributed by atoms with Crippen LogP contribution in [0.1, 0.15) is 30.7 Å². The fourth-order valence-electron chi connectivity index (χ4n) is 2.20. The van der Waals surface area contributed by atoms with E-state index in [1.165, 1.54) is 10.4 Å². The number of hydrogen-bond acceptors (Lipinski definition) is 3. The molecular formula is C14H22N2OS. The maximum absolute atomic E-state index is 11.8. The first kappa shape index (κ1) is 13.6. The fraction of sp³-hybridized carbons (Fsp3) is 0.643. The minimum Gasteiger partial charge on any atom is -0.355 e. The molecule has 2 heterocycles. The quantitative estimate of drug-likeness (QED) is 0.886. The number of nitrogens with zero attached hydrogens (tertiary/aromatic N) is 1. The Morgan fingerprint density at radius 3 is 3.17 bits per heavy atom. The van der Waals surface area contributed by atoms with Gasteiger partial charge in [0.15, 0.2) is 0 Å². The molecule has 1 aromatic rings. The molecular weight excluding hydrogens is 244 g/mol. The Bertz CT molecular complexity index is 400. The molecule has 0 radical (unpaired) electrons. The largest absolute Gasteiger partial charge is 0.355 e. The summed E-state index contributed by atoms with van der Waals surface area (Å²) in [6.45, 7) is 7.62. The van der Waals surface area contributed by atoms with Crippen molar-refractivity contribution in [2.75, 3.05) is 19.6 Å². The zero-order valence-electron chi connectivity index (χ0n) is 11.2. The molecule has 0 spiro atoms. The van der Waals surface area contributed by atoms with Gasteiger partial charge in [0.25, 0.3) is 0 Å². The van der Waals surface area contributed by atoms with Gasteiger partial charge in [0.1, 0.15) is 0 Å². The Balaban J connectivity index is 1.72. The van der Waals surface area contributed by atoms with E-state index in [4.69, 9.17) is 0 Å². The summed E-state index contributed by atoms with van der Waals surface area (Å²) in [6.07, 6.45) is 2.15. The molecule has 0 atom stereocenters. The van der Waals surface area contributed by atoms with Crippen molar-refractivity contribution >= 4 is 17.2 Å². The zero-order valence-corrected chi connectivity index (χ0v) is 12.1. The van der Waals surface area contributed by atoms with E-state index in [1.54, 1.807) is 0 Å². The van der Waals surface area contributed by atoms with Crippen LogP contribution in [0.25, 0.3) is 0 Å². The van der Waals surface area contributed by atoms with Crippen LogP contribution in [0.15, 0.2) is 11.4 Å². The van der Waals surface area contributed by atoms with E-state index < -0.39 is 0 Å². The van der Waals surface area contributed by atoms with Gasteiger partial charge in [-0.1, -0.05) is 13.8 Å². The first-order valence-electron chi connectivity index (χ1n) is 6.69. The molecule has 0 saturated heterocycles. The molecule has 0 unspecified atom stereocenters. The first-order valence-corrected chi connectivity index (χ1v) is 7.57. The highest BCUT2D eigenvalue weighted by molar-refractivity contribution is 7.10. The van der Waals surface area contributed by atoms with Crippen LogP contribution in [0.2, 0.25) is 0 Å². The van der Waals surface area contributed by atoms with Gasteiger partial charge in [-0.05, 0) is 35.8 Å². The minimum absolute atomic E-state index is 0.161. The van der Waals surface area contributed by atoms with Crippen molar-refractivity contribution in [2.45, 2.75) is 33.2 Å². The molecule has 0 aromatic carbocycles. The topological polar surface area (TPSA) is 32.3 Å². The van der Waals surface area contributed by atoms with Crippen LogP contribution < -0.4 is 5.32 Å². The summed E-state index contributed by atoms with van der Waals surface area (Å²) in [5, 5.41) is 5.15. The Hall–Kier alpha value is -0.870. The van der Waals surface area contributed by atoms with E-state index >= 15 is 0 Å². The Morgan fingerprint density at radius 2 is 2.39 bits per heavy atom. The zero-order chi connectivity index (χ0) is 13.0. The van der Waals surface area contributed by atoms with Crippen molar-refractivity contribution in [3.63, 3.8) is 0 Å². The van der Waals surface area contributed by atoms with E-state index in [0.717, 1.165) is 32.5 Å². The second kappa shape index (κ2) is 6.34. The molecule has 1 N–H and O–H groups in total. The average molecular weight is 266 g/mol. The third-order valence-corrected chi connectivity index (χ3v) is 4.32. The van der Waals surface area contributed by atoms with Crippen molar-refractivity contribution in [2.24, 2.45) is 5.92 Å². The smallest absolute Gasteiger partial charge is 0.234 e. The van der Waals surface area contributed by atoms with Crippen LogP contribution in [-0.2, 0) is 17.8 Å². The summed E-state index contributed by atoms with van der Waals surface area (Å²) in [6, 6.07) is 2.18. The fourth-order valence-corrected chi connectivity index (χ4v) is 3.09. The summed E-state index contributed by atoms with van der Waals surface area (Å²) in [5.41, 5.74) is 1.40. The summed E-state index contributed by atoms with van der Waals surface area (Å²) >= 11 is 1.84. The normalized spacial score (nSPS) is 15.7. The molecule has 1 amide bonds. The van der Waals surface area contributed by atoms with E-state index in [1.807, 2.05) is 11.3 Å². The molecule has 3 nitrogen and oxygen atoms in total. The lowest BCUT2D eigenvalue weighted by Gasteiger charge is -2.26. The summed E-state index contributed by atoms with van der Waals surface area (Å²) in [7, 11) is 0. The van der Waals surface area contributed by atoms with Gasteiger partial charge in [-0.2, -0.15) is 0 Å². The lowest BCUT2D eigenvalue weighted by atomic mass is 10.1. The maximum atomic E-state index is 11.8. The third-order valence-electron chi connectivity index (χ3n) is 3.30. The molecule has 4 heteroatoms. The molecule has 18 heavy (non-hydrogen) atoms. The second-order valence-electron chi connectivity index (χ2n) is 5.36. The number of thiophene rings is 1. The standard InChI is InChI=1S/C14H22N2OS/c1-11(2)3-6-15-14(17)10-16-7-4-13-12(9-16)5-8-18-13/h5,8,11H,3-4,6-7,9-10H2,1-2H3,(H,15,17). The molecule has 0 aliphatic carbocycles. The highest BCUT2D eigenvalue weighted by atomic mass is 32.1. The summed E-state index contributed by atoms with van der Waals surface area (Å²) < 4.78 is 0. The van der Waals surface area contributed by atoms with Gasteiger partial charge < -0.3 is 5.32 Å². The lowest BCUT2D eigenvalue weighted by molar-refractivity contribution is -0.122. The Labute approximate surface area is 113 Å². The predicted molar refractivity (Wildman–Crippen MR) is 75.8 cm³/mol. The van der Waals surface area contributed by atoms with Crippen LogP contribution in [0.5, 0.6) is 0 Å². The second-order valence-corrected chi connectivity index (χ2v) is 6.36. The molecule has 0 bridgehead atoms. The van der Waals surface area contributed by atoms with Crippen LogP contribution in [0.3, 0.4) is 0 Å². The molecule has 1 aromatic heterocycles. The molecule has 0 saturated carbocycles. The summed E-state index contributed by atoms with van der Waals surface area (Å²) in [5.74, 6) is 0.808. The highest BCUT2D eigenvalue weighted by Gasteiger charge is 2.18. The van der Waals surface area contributed by atoms with Gasteiger partial charge in [-0.25, -0.2) is 0 Å². The third kappa shape index (κ3) is 3.82. The number of hydrogen-bond donors (Lipinski definition) is 1. The average Bonchev–Trinajstić information content (AvgIpc) is 2.75. The van der Waals surface area contributed by atoms with Crippen molar-refractivity contribution in [1.29, 1.82) is 0 Å². The van der Waals surface area contributed by atoms with Crippen LogP contribution >= 0.6 is 11.3 Å².